The van der Waals surface area contributed by atoms with Crippen LogP contribution in [0.4, 0.5) is 0 Å². The average Bonchev–Trinajstić information content (AvgIpc) is 2.77. The fraction of sp³-hybridized carbons (Fsp3) is 0.867. The van der Waals surface area contributed by atoms with Gasteiger partial charge in [0.05, 0.1) is 11.8 Å². The molecule has 5 nitrogen and oxygen atoms in total. The van der Waals surface area contributed by atoms with Gasteiger partial charge in [-0.15, -0.1) is 0 Å². The number of hydrogen-bond acceptors (Lipinski definition) is 4. The molecule has 0 aromatic rings. The van der Waals surface area contributed by atoms with Crippen molar-refractivity contribution < 1.29 is 14.4 Å². The molecule has 2 heterocycles. The molecule has 0 spiro atoms. The van der Waals surface area contributed by atoms with Crippen LogP contribution in [0.25, 0.3) is 0 Å². The van der Waals surface area contributed by atoms with E-state index >= 15 is 0 Å². The number of carbonyl (C=O) groups is 1. The molecule has 2 rings (SSSR count). The minimum atomic E-state index is -0.786. The van der Waals surface area contributed by atoms with E-state index in [0.29, 0.717) is 12.3 Å². The molecule has 1 amide bonds. The summed E-state index contributed by atoms with van der Waals surface area (Å²) in [5.74, 6) is 0.637. The van der Waals surface area contributed by atoms with Crippen molar-refractivity contribution >= 4 is 11.6 Å². The summed E-state index contributed by atoms with van der Waals surface area (Å²) in [5, 5.41) is 3.92. The molecule has 0 N–H and O–H groups in total. The Morgan fingerprint density at radius 3 is 2.65 bits per heavy atom. The predicted octanol–water partition coefficient (Wildman–Crippen LogP) is 2.20. The fourth-order valence-corrected chi connectivity index (χ4v) is 2.81. The maximum atomic E-state index is 12.5. The van der Waals surface area contributed by atoms with E-state index in [1.165, 1.54) is 0 Å². The van der Waals surface area contributed by atoms with Gasteiger partial charge in [0.2, 0.25) is 5.60 Å². The Hall–Kier alpha value is -1.10. The lowest BCUT2D eigenvalue weighted by Gasteiger charge is -2.35. The lowest BCUT2D eigenvalue weighted by atomic mass is 9.94. The highest BCUT2D eigenvalue weighted by atomic mass is 16.7. The first-order chi connectivity index (χ1) is 9.40. The molecule has 5 heteroatoms. The fourth-order valence-electron chi connectivity index (χ4n) is 2.81. The molecule has 0 aromatic carbocycles. The highest BCUT2D eigenvalue weighted by Gasteiger charge is 2.43. The van der Waals surface area contributed by atoms with Crippen molar-refractivity contribution in [3.63, 3.8) is 0 Å². The second-order valence-electron chi connectivity index (χ2n) is 6.44. The predicted molar refractivity (Wildman–Crippen MR) is 77.6 cm³/mol. The Bertz CT molecular complexity index is 387. The van der Waals surface area contributed by atoms with Crippen molar-refractivity contribution in [2.24, 2.45) is 11.1 Å². The van der Waals surface area contributed by atoms with Gasteiger partial charge in [-0.2, -0.15) is 0 Å². The summed E-state index contributed by atoms with van der Waals surface area (Å²) in [6.45, 7) is 10.2. The van der Waals surface area contributed by atoms with Gasteiger partial charge in [-0.3, -0.25) is 4.79 Å². The lowest BCUT2D eigenvalue weighted by molar-refractivity contribution is -0.155. The maximum absolute atomic E-state index is 12.5. The molecule has 1 saturated heterocycles. The number of hydrogen-bond donors (Lipinski definition) is 0. The Labute approximate surface area is 121 Å². The number of amides is 1. The third-order valence-corrected chi connectivity index (χ3v) is 4.02. The third kappa shape index (κ3) is 3.51. The Morgan fingerprint density at radius 1 is 1.50 bits per heavy atom. The molecule has 2 aliphatic rings. The summed E-state index contributed by atoms with van der Waals surface area (Å²) in [6, 6.07) is 0. The molecular formula is C15H26N2O3. The first-order valence-corrected chi connectivity index (χ1v) is 7.53. The standard InChI is InChI=1S/C15H26N2O3/c1-11(2)19-10-13-5-7-17(8-6-13)14(18)15(4)9-12(3)16-20-15/h11,13H,5-10H2,1-4H3/t15-/m0/s1. The van der Waals surface area contributed by atoms with E-state index in [-0.39, 0.29) is 12.0 Å². The summed E-state index contributed by atoms with van der Waals surface area (Å²) >= 11 is 0. The maximum Gasteiger partial charge on any atom is 0.269 e. The molecule has 0 radical (unpaired) electrons. The molecule has 0 aliphatic carbocycles. The normalized spacial score (nSPS) is 27.6. The summed E-state index contributed by atoms with van der Waals surface area (Å²) in [6.07, 6.45) is 2.89. The van der Waals surface area contributed by atoms with Gasteiger partial charge in [-0.25, -0.2) is 0 Å². The van der Waals surface area contributed by atoms with Gasteiger partial charge < -0.3 is 14.5 Å². The van der Waals surface area contributed by atoms with Crippen LogP contribution < -0.4 is 0 Å². The van der Waals surface area contributed by atoms with Gasteiger partial charge in [0.15, 0.2) is 0 Å². The first kappa shape index (κ1) is 15.3. The Morgan fingerprint density at radius 2 is 2.15 bits per heavy atom. The van der Waals surface area contributed by atoms with Crippen LogP contribution in [0.3, 0.4) is 0 Å². The largest absolute Gasteiger partial charge is 0.379 e. The Kier molecular flexibility index (Phi) is 4.68. The van der Waals surface area contributed by atoms with Gasteiger partial charge in [0.25, 0.3) is 5.91 Å². The van der Waals surface area contributed by atoms with E-state index < -0.39 is 5.60 Å². The van der Waals surface area contributed by atoms with Crippen LogP contribution in [-0.4, -0.2) is 47.9 Å². The molecule has 114 valence electrons. The molecule has 2 aliphatic heterocycles. The SMILES string of the molecule is CC1=NO[C@](C)(C(=O)N2CCC(COC(C)C)CC2)C1. The molecule has 1 atom stereocenters. The van der Waals surface area contributed by atoms with Gasteiger partial charge in [0.1, 0.15) is 0 Å². The van der Waals surface area contributed by atoms with Crippen molar-refractivity contribution in [1.29, 1.82) is 0 Å². The van der Waals surface area contributed by atoms with Crippen molar-refractivity contribution in [3.8, 4) is 0 Å². The zero-order valence-electron chi connectivity index (χ0n) is 13.0. The van der Waals surface area contributed by atoms with Crippen LogP contribution in [-0.2, 0) is 14.4 Å². The van der Waals surface area contributed by atoms with Crippen LogP contribution in [0, 0.1) is 5.92 Å². The smallest absolute Gasteiger partial charge is 0.269 e. The highest BCUT2D eigenvalue weighted by molar-refractivity contribution is 5.94. The van der Waals surface area contributed by atoms with Crippen LogP contribution in [0.5, 0.6) is 0 Å². The summed E-state index contributed by atoms with van der Waals surface area (Å²) < 4.78 is 5.66. The number of rotatable bonds is 4. The van der Waals surface area contributed by atoms with E-state index in [1.807, 2.05) is 18.7 Å². The van der Waals surface area contributed by atoms with E-state index in [0.717, 1.165) is 38.2 Å². The van der Waals surface area contributed by atoms with E-state index in [1.54, 1.807) is 0 Å². The first-order valence-electron chi connectivity index (χ1n) is 7.53. The van der Waals surface area contributed by atoms with Crippen molar-refractivity contribution in [1.82, 2.24) is 4.90 Å². The zero-order chi connectivity index (χ0) is 14.8. The number of ether oxygens (including phenoxy) is 1. The highest BCUT2D eigenvalue weighted by Crippen LogP contribution is 2.28. The number of likely N-dealkylation sites (tertiary alicyclic amines) is 1. The van der Waals surface area contributed by atoms with Crippen molar-refractivity contribution in [2.75, 3.05) is 19.7 Å². The van der Waals surface area contributed by atoms with Gasteiger partial charge in [0, 0.05) is 26.1 Å². The average molecular weight is 282 g/mol. The monoisotopic (exact) mass is 282 g/mol. The molecule has 0 aromatic heterocycles. The number of nitrogens with zero attached hydrogens (tertiary/aromatic N) is 2. The van der Waals surface area contributed by atoms with Crippen LogP contribution in [0.1, 0.15) is 47.0 Å². The molecule has 1 fully saturated rings. The molecular weight excluding hydrogens is 256 g/mol. The number of carbonyl (C=O) groups excluding carboxylic acids is 1. The second-order valence-corrected chi connectivity index (χ2v) is 6.44. The van der Waals surface area contributed by atoms with Gasteiger partial charge >= 0.3 is 0 Å². The molecule has 20 heavy (non-hydrogen) atoms. The van der Waals surface area contributed by atoms with E-state index in [2.05, 4.69) is 19.0 Å². The molecule has 0 unspecified atom stereocenters. The lowest BCUT2D eigenvalue weighted by Crippen LogP contribution is -2.50. The van der Waals surface area contributed by atoms with Crippen molar-refractivity contribution in [2.45, 2.75) is 58.7 Å². The van der Waals surface area contributed by atoms with Crippen LogP contribution in [0.15, 0.2) is 5.16 Å². The van der Waals surface area contributed by atoms with E-state index in [4.69, 9.17) is 9.57 Å². The summed E-state index contributed by atoms with van der Waals surface area (Å²) in [7, 11) is 0. The van der Waals surface area contributed by atoms with Gasteiger partial charge in [-0.05, 0) is 46.5 Å². The second kappa shape index (κ2) is 6.12. The van der Waals surface area contributed by atoms with E-state index in [9.17, 15) is 4.79 Å². The quantitative estimate of drug-likeness (QED) is 0.794. The third-order valence-electron chi connectivity index (χ3n) is 4.02. The topological polar surface area (TPSA) is 51.1 Å². The number of oxime groups is 1. The molecule has 0 saturated carbocycles. The Balaban J connectivity index is 1.80. The minimum absolute atomic E-state index is 0.0707. The molecule has 0 bridgehead atoms. The summed E-state index contributed by atoms with van der Waals surface area (Å²) in [5.41, 5.74) is 0.104. The van der Waals surface area contributed by atoms with Crippen LogP contribution >= 0.6 is 0 Å². The zero-order valence-corrected chi connectivity index (χ0v) is 13.0. The summed E-state index contributed by atoms with van der Waals surface area (Å²) in [4.78, 5) is 19.8. The van der Waals surface area contributed by atoms with Crippen molar-refractivity contribution in [3.05, 3.63) is 0 Å². The number of piperidine rings is 1. The van der Waals surface area contributed by atoms with Gasteiger partial charge in [-0.1, -0.05) is 5.16 Å². The minimum Gasteiger partial charge on any atom is -0.379 e. The van der Waals surface area contributed by atoms with Crippen LogP contribution in [0.2, 0.25) is 0 Å².